The fraction of sp³-hybridized carbons (Fsp3) is 0.304. The van der Waals surface area contributed by atoms with E-state index in [1.807, 2.05) is 6.92 Å². The van der Waals surface area contributed by atoms with E-state index in [1.165, 1.54) is 37.3 Å². The van der Waals surface area contributed by atoms with Crippen LogP contribution in [0.25, 0.3) is 5.76 Å². The molecule has 2 N–H and O–H groups in total. The zero-order valence-corrected chi connectivity index (χ0v) is 18.3. The van der Waals surface area contributed by atoms with Gasteiger partial charge in [-0.25, -0.2) is 0 Å². The number of rotatable bonds is 7. The summed E-state index contributed by atoms with van der Waals surface area (Å²) >= 11 is 6.27. The molecule has 164 valence electrons. The molecular formula is C23H24ClNO6. The second-order valence-electron chi connectivity index (χ2n) is 7.12. The van der Waals surface area contributed by atoms with Gasteiger partial charge in [-0.3, -0.25) is 9.59 Å². The number of phenolic OH excluding ortho intramolecular Hbond substituents is 1. The van der Waals surface area contributed by atoms with Crippen LogP contribution in [0.2, 0.25) is 5.02 Å². The molecule has 1 aliphatic heterocycles. The Labute approximate surface area is 185 Å². The summed E-state index contributed by atoms with van der Waals surface area (Å²) < 4.78 is 10.3. The minimum atomic E-state index is -0.884. The van der Waals surface area contributed by atoms with Gasteiger partial charge < -0.3 is 24.6 Å². The second kappa shape index (κ2) is 9.31. The molecule has 0 saturated carbocycles. The van der Waals surface area contributed by atoms with Crippen LogP contribution >= 0.6 is 11.6 Å². The summed E-state index contributed by atoms with van der Waals surface area (Å²) in [4.78, 5) is 27.2. The quantitative estimate of drug-likeness (QED) is 0.375. The van der Waals surface area contributed by atoms with Gasteiger partial charge in [-0.15, -0.1) is 0 Å². The van der Waals surface area contributed by atoms with E-state index in [4.69, 9.17) is 21.1 Å². The van der Waals surface area contributed by atoms with Gasteiger partial charge in [-0.05, 0) is 42.3 Å². The molecule has 8 heteroatoms. The maximum atomic E-state index is 13.0. The third-order valence-corrected chi connectivity index (χ3v) is 5.57. The molecule has 1 aliphatic rings. The number of carbonyl (C=O) groups is 2. The van der Waals surface area contributed by atoms with Crippen molar-refractivity contribution in [2.24, 2.45) is 0 Å². The fourth-order valence-corrected chi connectivity index (χ4v) is 3.83. The predicted octanol–water partition coefficient (Wildman–Crippen LogP) is 4.28. The van der Waals surface area contributed by atoms with E-state index in [1.54, 1.807) is 18.2 Å². The van der Waals surface area contributed by atoms with E-state index < -0.39 is 23.5 Å². The zero-order valence-electron chi connectivity index (χ0n) is 17.5. The minimum Gasteiger partial charge on any atom is -0.507 e. The molecule has 1 fully saturated rings. The number of aliphatic hydroxyl groups is 1. The van der Waals surface area contributed by atoms with Gasteiger partial charge in [0.25, 0.3) is 11.7 Å². The van der Waals surface area contributed by atoms with Crippen LogP contribution in [0.3, 0.4) is 0 Å². The molecule has 1 unspecified atom stereocenters. The lowest BCUT2D eigenvalue weighted by Crippen LogP contribution is -2.30. The van der Waals surface area contributed by atoms with Crippen molar-refractivity contribution in [2.75, 3.05) is 20.8 Å². The normalized spacial score (nSPS) is 17.8. The summed E-state index contributed by atoms with van der Waals surface area (Å²) in [5, 5.41) is 21.6. The van der Waals surface area contributed by atoms with Crippen LogP contribution in [-0.2, 0) is 9.59 Å². The second-order valence-corrected chi connectivity index (χ2v) is 7.53. The summed E-state index contributed by atoms with van der Waals surface area (Å²) in [5.41, 5.74) is 0.548. The number of Topliss-reactive ketones (excluding diaryl/α,β-unsaturated/α-hetero) is 1. The number of halogens is 1. The third-order valence-electron chi connectivity index (χ3n) is 5.24. The Balaban J connectivity index is 2.22. The Morgan fingerprint density at radius 2 is 1.87 bits per heavy atom. The molecule has 0 aliphatic carbocycles. The predicted molar refractivity (Wildman–Crippen MR) is 117 cm³/mol. The maximum absolute atomic E-state index is 13.0. The number of hydrogen-bond acceptors (Lipinski definition) is 6. The monoisotopic (exact) mass is 445 g/mol. The van der Waals surface area contributed by atoms with Crippen molar-refractivity contribution in [1.29, 1.82) is 0 Å². The molecule has 2 aromatic rings. The first kappa shape index (κ1) is 22.5. The van der Waals surface area contributed by atoms with Gasteiger partial charge in [-0.1, -0.05) is 31.0 Å². The lowest BCUT2D eigenvalue weighted by molar-refractivity contribution is -0.139. The summed E-state index contributed by atoms with van der Waals surface area (Å²) in [6.45, 7) is 2.29. The highest BCUT2D eigenvalue weighted by Crippen LogP contribution is 2.43. The van der Waals surface area contributed by atoms with Crippen LogP contribution in [0, 0.1) is 0 Å². The lowest BCUT2D eigenvalue weighted by Gasteiger charge is -2.25. The molecule has 7 nitrogen and oxygen atoms in total. The number of likely N-dealkylation sites (tertiary alicyclic amines) is 1. The highest BCUT2D eigenvalue weighted by molar-refractivity contribution is 6.47. The number of hydrogen-bond donors (Lipinski definition) is 2. The molecule has 0 bridgehead atoms. The van der Waals surface area contributed by atoms with Gasteiger partial charge >= 0.3 is 0 Å². The summed E-state index contributed by atoms with van der Waals surface area (Å²) in [7, 11) is 2.89. The number of nitrogens with zero attached hydrogens (tertiary/aromatic N) is 1. The van der Waals surface area contributed by atoms with Gasteiger partial charge in [-0.2, -0.15) is 0 Å². The number of phenols is 1. The van der Waals surface area contributed by atoms with E-state index in [9.17, 15) is 19.8 Å². The highest BCUT2D eigenvalue weighted by Gasteiger charge is 2.46. The van der Waals surface area contributed by atoms with Crippen LogP contribution < -0.4 is 9.47 Å². The third kappa shape index (κ3) is 4.18. The van der Waals surface area contributed by atoms with Crippen molar-refractivity contribution in [1.82, 2.24) is 4.90 Å². The number of ether oxygens (including phenoxy) is 2. The number of aliphatic hydroxyl groups excluding tert-OH is 1. The van der Waals surface area contributed by atoms with E-state index in [-0.39, 0.29) is 27.7 Å². The van der Waals surface area contributed by atoms with E-state index >= 15 is 0 Å². The molecule has 3 rings (SSSR count). The van der Waals surface area contributed by atoms with Gasteiger partial charge in [0.1, 0.15) is 11.5 Å². The van der Waals surface area contributed by atoms with Crippen molar-refractivity contribution >= 4 is 29.1 Å². The maximum Gasteiger partial charge on any atom is 0.295 e. The Morgan fingerprint density at radius 3 is 2.48 bits per heavy atom. The first-order valence-corrected chi connectivity index (χ1v) is 10.2. The number of benzene rings is 2. The Bertz CT molecular complexity index is 1050. The average Bonchev–Trinajstić information content (AvgIpc) is 3.02. The summed E-state index contributed by atoms with van der Waals surface area (Å²) in [6.07, 6.45) is 1.48. The van der Waals surface area contributed by atoms with Crippen LogP contribution in [0.5, 0.6) is 17.2 Å². The number of methoxy groups -OCH3 is 2. The molecule has 1 saturated heterocycles. The molecular weight excluding hydrogens is 422 g/mol. The van der Waals surface area contributed by atoms with Crippen LogP contribution in [0.1, 0.15) is 36.9 Å². The molecule has 0 spiro atoms. The lowest BCUT2D eigenvalue weighted by atomic mass is 9.94. The van der Waals surface area contributed by atoms with Gasteiger partial charge in [0.05, 0.1) is 30.9 Å². The molecule has 1 heterocycles. The standard InChI is InChI=1S/C23H24ClNO6/c1-4-5-10-25-20(13-6-9-18(31-3)17(26)11-13)19(22(28)23(25)29)21(27)15-12-14(30-2)7-8-16(15)24/h6-9,11-12,20,26-27H,4-5,10H2,1-3H3/b21-19+. The summed E-state index contributed by atoms with van der Waals surface area (Å²) in [6, 6.07) is 8.39. The Morgan fingerprint density at radius 1 is 1.13 bits per heavy atom. The van der Waals surface area contributed by atoms with Crippen molar-refractivity contribution < 1.29 is 29.3 Å². The smallest absolute Gasteiger partial charge is 0.295 e. The van der Waals surface area contributed by atoms with E-state index in [0.717, 1.165) is 6.42 Å². The van der Waals surface area contributed by atoms with Crippen molar-refractivity contribution in [3.05, 3.63) is 58.1 Å². The molecule has 1 amide bonds. The molecule has 31 heavy (non-hydrogen) atoms. The largest absolute Gasteiger partial charge is 0.507 e. The van der Waals surface area contributed by atoms with Gasteiger partial charge in [0.15, 0.2) is 11.5 Å². The number of aromatic hydroxyl groups is 1. The molecule has 2 aromatic carbocycles. The van der Waals surface area contributed by atoms with E-state index in [2.05, 4.69) is 0 Å². The van der Waals surface area contributed by atoms with Crippen molar-refractivity contribution in [3.63, 3.8) is 0 Å². The fourth-order valence-electron chi connectivity index (χ4n) is 3.62. The SMILES string of the molecule is CCCCN1C(=O)C(=O)/C(=C(/O)c2cc(OC)ccc2Cl)C1c1ccc(OC)c(O)c1. The van der Waals surface area contributed by atoms with Crippen LogP contribution in [0.15, 0.2) is 42.0 Å². The first-order valence-electron chi connectivity index (χ1n) is 9.83. The topological polar surface area (TPSA) is 96.3 Å². The molecule has 0 radical (unpaired) electrons. The zero-order chi connectivity index (χ0) is 22.7. The highest BCUT2D eigenvalue weighted by atomic mass is 35.5. The van der Waals surface area contributed by atoms with Crippen LogP contribution in [-0.4, -0.2) is 47.6 Å². The number of ketones is 1. The number of amides is 1. The Kier molecular flexibility index (Phi) is 6.75. The van der Waals surface area contributed by atoms with Crippen LogP contribution in [0.4, 0.5) is 0 Å². The average molecular weight is 446 g/mol. The number of carbonyl (C=O) groups excluding carboxylic acids is 2. The van der Waals surface area contributed by atoms with Crippen molar-refractivity contribution in [2.45, 2.75) is 25.8 Å². The Hall–Kier alpha value is -3.19. The summed E-state index contributed by atoms with van der Waals surface area (Å²) in [5.74, 6) is -1.38. The number of unbranched alkanes of at least 4 members (excludes halogenated alkanes) is 1. The van der Waals surface area contributed by atoms with E-state index in [0.29, 0.717) is 24.3 Å². The van der Waals surface area contributed by atoms with Gasteiger partial charge in [0, 0.05) is 12.1 Å². The van der Waals surface area contributed by atoms with Crippen molar-refractivity contribution in [3.8, 4) is 17.2 Å². The minimum absolute atomic E-state index is 0.0965. The van der Waals surface area contributed by atoms with Gasteiger partial charge in [0.2, 0.25) is 0 Å². The molecule has 1 atom stereocenters. The molecule has 0 aromatic heterocycles. The first-order chi connectivity index (χ1) is 14.8.